The number of rotatable bonds is 12. The van der Waals surface area contributed by atoms with Crippen LogP contribution in [0.4, 0.5) is 0 Å². The molecular formula is C21H32N4O3. The summed E-state index contributed by atoms with van der Waals surface area (Å²) >= 11 is 0. The zero-order valence-corrected chi connectivity index (χ0v) is 16.9. The molecule has 0 amide bonds. The molecule has 2 aromatic heterocycles. The fraction of sp³-hybridized carbons (Fsp3) is 0.524. The Bertz CT molecular complexity index is 753. The van der Waals surface area contributed by atoms with Crippen LogP contribution >= 0.6 is 0 Å². The largest absolute Gasteiger partial charge is 0.467 e. The van der Waals surface area contributed by atoms with Crippen LogP contribution < -0.4 is 16.2 Å². The van der Waals surface area contributed by atoms with Crippen molar-refractivity contribution in [2.45, 2.75) is 46.3 Å². The summed E-state index contributed by atoms with van der Waals surface area (Å²) in [6.07, 6.45) is 4.42. The molecule has 0 bridgehead atoms. The van der Waals surface area contributed by atoms with Gasteiger partial charge in [-0.1, -0.05) is 6.07 Å². The van der Waals surface area contributed by atoms with Gasteiger partial charge in [0.15, 0.2) is 5.96 Å². The van der Waals surface area contributed by atoms with Crippen molar-refractivity contribution < 1.29 is 9.15 Å². The first-order chi connectivity index (χ1) is 13.7. The predicted molar refractivity (Wildman–Crippen MR) is 112 cm³/mol. The van der Waals surface area contributed by atoms with Gasteiger partial charge in [-0.15, -0.1) is 0 Å². The first kappa shape index (κ1) is 21.8. The van der Waals surface area contributed by atoms with Crippen LogP contribution in [-0.2, 0) is 17.9 Å². The third-order valence-corrected chi connectivity index (χ3v) is 4.25. The van der Waals surface area contributed by atoms with E-state index in [0.717, 1.165) is 56.3 Å². The average molecular weight is 389 g/mol. The maximum Gasteiger partial charge on any atom is 0.250 e. The minimum absolute atomic E-state index is 0.0668. The maximum atomic E-state index is 11.9. The zero-order valence-electron chi connectivity index (χ0n) is 16.9. The van der Waals surface area contributed by atoms with Crippen LogP contribution in [0.15, 0.2) is 50.8 Å². The molecule has 0 unspecified atom stereocenters. The number of aryl methyl sites for hydroxylation is 1. The van der Waals surface area contributed by atoms with Crippen molar-refractivity contribution in [2.24, 2.45) is 4.99 Å². The summed E-state index contributed by atoms with van der Waals surface area (Å²) < 4.78 is 12.6. The van der Waals surface area contributed by atoms with E-state index < -0.39 is 0 Å². The van der Waals surface area contributed by atoms with E-state index >= 15 is 0 Å². The molecular weight excluding hydrogens is 356 g/mol. The lowest BCUT2D eigenvalue weighted by Gasteiger charge is -2.12. The Kier molecular flexibility index (Phi) is 9.93. The minimum atomic E-state index is 0.0668. The molecule has 0 aliphatic heterocycles. The number of aromatic nitrogens is 1. The van der Waals surface area contributed by atoms with Crippen molar-refractivity contribution in [3.05, 3.63) is 58.4 Å². The molecule has 0 fully saturated rings. The third-order valence-electron chi connectivity index (χ3n) is 4.25. The smallest absolute Gasteiger partial charge is 0.250 e. The van der Waals surface area contributed by atoms with Gasteiger partial charge in [0.05, 0.1) is 6.26 Å². The Morgan fingerprint density at radius 2 is 2.07 bits per heavy atom. The Morgan fingerprint density at radius 1 is 1.18 bits per heavy atom. The number of nitrogens with one attached hydrogen (secondary N) is 2. The summed E-state index contributed by atoms with van der Waals surface area (Å²) in [6.45, 7) is 8.25. The molecule has 0 saturated heterocycles. The van der Waals surface area contributed by atoms with Crippen LogP contribution in [0.5, 0.6) is 0 Å². The van der Waals surface area contributed by atoms with Crippen molar-refractivity contribution in [3.63, 3.8) is 0 Å². The summed E-state index contributed by atoms with van der Waals surface area (Å²) in [6, 6.07) is 9.14. The molecule has 2 N–H and O–H groups in total. The van der Waals surface area contributed by atoms with Gasteiger partial charge in [-0.2, -0.15) is 0 Å². The van der Waals surface area contributed by atoms with Crippen molar-refractivity contribution >= 4 is 5.96 Å². The number of furan rings is 1. The van der Waals surface area contributed by atoms with E-state index in [4.69, 9.17) is 9.15 Å². The Balaban J connectivity index is 1.60. The van der Waals surface area contributed by atoms with Crippen LogP contribution in [0.3, 0.4) is 0 Å². The van der Waals surface area contributed by atoms with Gasteiger partial charge in [0.2, 0.25) is 0 Å². The van der Waals surface area contributed by atoms with E-state index in [-0.39, 0.29) is 5.56 Å². The number of pyridine rings is 1. The molecule has 154 valence electrons. The first-order valence-electron chi connectivity index (χ1n) is 9.99. The number of hydrogen-bond acceptors (Lipinski definition) is 4. The highest BCUT2D eigenvalue weighted by atomic mass is 16.5. The van der Waals surface area contributed by atoms with E-state index in [1.807, 2.05) is 36.6 Å². The molecule has 2 aromatic rings. The highest BCUT2D eigenvalue weighted by Gasteiger charge is 2.00. The predicted octanol–water partition coefficient (Wildman–Crippen LogP) is 2.69. The zero-order chi connectivity index (χ0) is 20.0. The Morgan fingerprint density at radius 3 is 2.82 bits per heavy atom. The van der Waals surface area contributed by atoms with E-state index in [9.17, 15) is 4.79 Å². The highest BCUT2D eigenvalue weighted by molar-refractivity contribution is 5.79. The maximum absolute atomic E-state index is 11.9. The molecule has 7 nitrogen and oxygen atoms in total. The van der Waals surface area contributed by atoms with Gasteiger partial charge in [0.25, 0.3) is 5.56 Å². The van der Waals surface area contributed by atoms with Gasteiger partial charge in [0.1, 0.15) is 12.4 Å². The lowest BCUT2D eigenvalue weighted by Crippen LogP contribution is -2.38. The summed E-state index contributed by atoms with van der Waals surface area (Å²) in [7, 11) is 0. The molecule has 0 saturated carbocycles. The van der Waals surface area contributed by atoms with Crippen LogP contribution in [-0.4, -0.2) is 36.8 Å². The van der Waals surface area contributed by atoms with Crippen molar-refractivity contribution in [1.82, 2.24) is 15.2 Å². The quantitative estimate of drug-likeness (QED) is 0.332. The summed E-state index contributed by atoms with van der Waals surface area (Å²) in [5, 5.41) is 6.60. The second kappa shape index (κ2) is 12.8. The second-order valence-corrected chi connectivity index (χ2v) is 6.54. The van der Waals surface area contributed by atoms with E-state index in [1.165, 1.54) is 0 Å². The van der Waals surface area contributed by atoms with Gasteiger partial charge in [0, 0.05) is 44.5 Å². The molecule has 0 aliphatic rings. The van der Waals surface area contributed by atoms with E-state index in [1.54, 1.807) is 18.4 Å². The summed E-state index contributed by atoms with van der Waals surface area (Å²) in [4.78, 5) is 16.4. The molecule has 0 spiro atoms. The minimum Gasteiger partial charge on any atom is -0.467 e. The second-order valence-electron chi connectivity index (χ2n) is 6.54. The molecule has 0 aliphatic carbocycles. The van der Waals surface area contributed by atoms with Gasteiger partial charge in [-0.05, 0) is 51.3 Å². The van der Waals surface area contributed by atoms with Crippen LogP contribution in [0, 0.1) is 6.92 Å². The van der Waals surface area contributed by atoms with E-state index in [0.29, 0.717) is 19.8 Å². The SMILES string of the molecule is CCNC(=NCCCOCc1ccco1)NCCCCn1c(C)cccc1=O. The van der Waals surface area contributed by atoms with Gasteiger partial charge >= 0.3 is 0 Å². The van der Waals surface area contributed by atoms with Crippen molar-refractivity contribution in [2.75, 3.05) is 26.2 Å². The average Bonchev–Trinajstić information content (AvgIpc) is 3.19. The molecule has 0 aromatic carbocycles. The first-order valence-corrected chi connectivity index (χ1v) is 9.99. The molecule has 2 rings (SSSR count). The summed E-state index contributed by atoms with van der Waals surface area (Å²) in [5.74, 6) is 1.66. The van der Waals surface area contributed by atoms with Gasteiger partial charge < -0.3 is 24.4 Å². The van der Waals surface area contributed by atoms with Crippen LogP contribution in [0.2, 0.25) is 0 Å². The highest BCUT2D eigenvalue weighted by Crippen LogP contribution is 2.02. The number of nitrogens with zero attached hydrogens (tertiary/aromatic N) is 2. The molecule has 28 heavy (non-hydrogen) atoms. The fourth-order valence-corrected chi connectivity index (χ4v) is 2.78. The molecule has 0 radical (unpaired) electrons. The molecule has 2 heterocycles. The standard InChI is InChI=1S/C21H32N4O3/c1-3-22-21(24-13-8-15-27-17-19-10-7-16-28-19)23-12-4-5-14-25-18(2)9-6-11-20(25)26/h6-7,9-11,16H,3-5,8,12-15,17H2,1-2H3,(H2,22,23,24). The lowest BCUT2D eigenvalue weighted by atomic mass is 10.3. The third kappa shape index (κ3) is 8.00. The lowest BCUT2D eigenvalue weighted by molar-refractivity contribution is 0.105. The monoisotopic (exact) mass is 388 g/mol. The molecule has 7 heteroatoms. The Hall–Kier alpha value is -2.54. The van der Waals surface area contributed by atoms with Gasteiger partial charge in [-0.3, -0.25) is 9.79 Å². The molecule has 0 atom stereocenters. The number of ether oxygens (including phenoxy) is 1. The van der Waals surface area contributed by atoms with Crippen LogP contribution in [0.1, 0.15) is 37.6 Å². The number of aliphatic imine (C=N–C) groups is 1. The van der Waals surface area contributed by atoms with Gasteiger partial charge in [-0.25, -0.2) is 0 Å². The van der Waals surface area contributed by atoms with Crippen LogP contribution in [0.25, 0.3) is 0 Å². The number of unbranched alkanes of at least 4 members (excludes halogenated alkanes) is 1. The number of hydrogen-bond donors (Lipinski definition) is 2. The Labute approximate surface area is 166 Å². The summed E-state index contributed by atoms with van der Waals surface area (Å²) in [5.41, 5.74) is 1.07. The van der Waals surface area contributed by atoms with E-state index in [2.05, 4.69) is 15.6 Å². The topological polar surface area (TPSA) is 80.8 Å². The number of guanidine groups is 1. The normalized spacial score (nSPS) is 11.6. The fourth-order valence-electron chi connectivity index (χ4n) is 2.78. The van der Waals surface area contributed by atoms with Crippen molar-refractivity contribution in [3.8, 4) is 0 Å². The van der Waals surface area contributed by atoms with Crippen molar-refractivity contribution in [1.29, 1.82) is 0 Å².